The van der Waals surface area contributed by atoms with Crippen LogP contribution < -0.4 is 10.6 Å². The normalized spacial score (nSPS) is 12.1. The van der Waals surface area contributed by atoms with Crippen molar-refractivity contribution in [3.8, 4) is 0 Å². The van der Waals surface area contributed by atoms with Crippen molar-refractivity contribution >= 4 is 40.7 Å². The number of hydrogen-bond donors (Lipinski definition) is 1. The summed E-state index contributed by atoms with van der Waals surface area (Å²) < 4.78 is 5.29. The minimum Gasteiger partial charge on any atom is -0.452 e. The van der Waals surface area contributed by atoms with Gasteiger partial charge in [0.05, 0.1) is 16.9 Å². The summed E-state index contributed by atoms with van der Waals surface area (Å²) in [7, 11) is 0. The smallest absolute Gasteiger partial charge is 0.340 e. The minimum atomic E-state index is -0.609. The molecule has 3 aromatic rings. The number of nitrogen functional groups attached to an aromatic ring is 1. The summed E-state index contributed by atoms with van der Waals surface area (Å²) in [5.74, 6) is -0.928. The van der Waals surface area contributed by atoms with Crippen molar-refractivity contribution < 1.29 is 14.3 Å². The Labute approximate surface area is 167 Å². The number of fused-ring (bicyclic) bond motifs is 2. The summed E-state index contributed by atoms with van der Waals surface area (Å²) in [5.41, 5.74) is 8.94. The summed E-state index contributed by atoms with van der Waals surface area (Å²) in [6.45, 7) is 1.44. The van der Waals surface area contributed by atoms with E-state index in [1.807, 2.05) is 61.5 Å². The first kappa shape index (κ1) is 18.1. The van der Waals surface area contributed by atoms with Gasteiger partial charge in [0.1, 0.15) is 0 Å². The first-order valence-electron chi connectivity index (χ1n) is 8.77. The molecular weight excluding hydrogens is 372 g/mol. The number of aryl methyl sites for hydroxylation is 1. The zero-order valence-electron chi connectivity index (χ0n) is 15.2. The quantitative estimate of drug-likeness (QED) is 0.524. The third kappa shape index (κ3) is 3.23. The monoisotopic (exact) mass is 390 g/mol. The van der Waals surface area contributed by atoms with Crippen LogP contribution in [0.1, 0.15) is 15.9 Å². The van der Waals surface area contributed by atoms with Gasteiger partial charge in [-0.2, -0.15) is 0 Å². The molecule has 1 aliphatic rings. The van der Waals surface area contributed by atoms with E-state index in [2.05, 4.69) is 0 Å². The molecule has 1 heterocycles. The minimum absolute atomic E-state index is 0.266. The first-order chi connectivity index (χ1) is 13.6. The topological polar surface area (TPSA) is 72.6 Å². The fraction of sp³-hybridized carbons (Fsp3) is 0.0909. The lowest BCUT2D eigenvalue weighted by atomic mass is 10.1. The molecule has 28 heavy (non-hydrogen) atoms. The van der Waals surface area contributed by atoms with Crippen LogP contribution in [0.15, 0.2) is 76.5 Å². The number of esters is 1. The van der Waals surface area contributed by atoms with Gasteiger partial charge < -0.3 is 10.5 Å². The van der Waals surface area contributed by atoms with Crippen molar-refractivity contribution in [2.24, 2.45) is 0 Å². The van der Waals surface area contributed by atoms with E-state index >= 15 is 0 Å². The van der Waals surface area contributed by atoms with Crippen LogP contribution in [-0.4, -0.2) is 18.5 Å². The van der Waals surface area contributed by atoms with Crippen LogP contribution in [0, 0.1) is 6.92 Å². The molecule has 0 atom stereocenters. The maximum absolute atomic E-state index is 13.0. The second-order valence-electron chi connectivity index (χ2n) is 6.38. The summed E-state index contributed by atoms with van der Waals surface area (Å²) in [6, 6.07) is 20.5. The molecule has 0 spiro atoms. The van der Waals surface area contributed by atoms with Gasteiger partial charge in [-0.1, -0.05) is 48.2 Å². The van der Waals surface area contributed by atoms with Crippen molar-refractivity contribution in [2.75, 3.05) is 17.2 Å². The van der Waals surface area contributed by atoms with Crippen LogP contribution in [-0.2, 0) is 9.53 Å². The Morgan fingerprint density at radius 2 is 1.54 bits per heavy atom. The number of amides is 1. The highest BCUT2D eigenvalue weighted by molar-refractivity contribution is 7.99. The Bertz CT molecular complexity index is 1040. The van der Waals surface area contributed by atoms with Gasteiger partial charge in [0.15, 0.2) is 6.61 Å². The lowest BCUT2D eigenvalue weighted by Crippen LogP contribution is -2.32. The Kier molecular flexibility index (Phi) is 4.79. The molecule has 4 rings (SSSR count). The first-order valence-corrected chi connectivity index (χ1v) is 9.59. The summed E-state index contributed by atoms with van der Waals surface area (Å²) in [5, 5.41) is 0. The second-order valence-corrected chi connectivity index (χ2v) is 7.46. The average molecular weight is 390 g/mol. The third-order valence-electron chi connectivity index (χ3n) is 4.55. The Morgan fingerprint density at radius 3 is 2.18 bits per heavy atom. The molecule has 0 unspecified atom stereocenters. The molecule has 0 aromatic heterocycles. The zero-order valence-corrected chi connectivity index (χ0v) is 16.0. The van der Waals surface area contributed by atoms with E-state index in [0.29, 0.717) is 5.69 Å². The van der Waals surface area contributed by atoms with Crippen molar-refractivity contribution in [2.45, 2.75) is 16.7 Å². The van der Waals surface area contributed by atoms with E-state index in [4.69, 9.17) is 10.5 Å². The number of ether oxygens (including phenoxy) is 1. The molecule has 0 fully saturated rings. The largest absolute Gasteiger partial charge is 0.452 e. The van der Waals surface area contributed by atoms with Crippen LogP contribution in [0.5, 0.6) is 0 Å². The number of anilines is 3. The van der Waals surface area contributed by atoms with Crippen LogP contribution in [0.25, 0.3) is 0 Å². The Hall–Kier alpha value is -3.25. The molecule has 0 aliphatic carbocycles. The van der Waals surface area contributed by atoms with Gasteiger partial charge in [0.25, 0.3) is 5.91 Å². The number of para-hydroxylation sites is 3. The number of hydrogen-bond acceptors (Lipinski definition) is 5. The molecule has 5 nitrogen and oxygen atoms in total. The maximum Gasteiger partial charge on any atom is 0.340 e. The number of carbonyl (C=O) groups is 2. The molecule has 1 aliphatic heterocycles. The van der Waals surface area contributed by atoms with E-state index in [1.54, 1.807) is 28.8 Å². The predicted octanol–water partition coefficient (Wildman–Crippen LogP) is 4.56. The van der Waals surface area contributed by atoms with Gasteiger partial charge in [-0.3, -0.25) is 9.69 Å². The van der Waals surface area contributed by atoms with E-state index in [-0.39, 0.29) is 18.1 Å². The molecule has 1 amide bonds. The zero-order chi connectivity index (χ0) is 19.7. The van der Waals surface area contributed by atoms with Gasteiger partial charge in [-0.15, -0.1) is 0 Å². The van der Waals surface area contributed by atoms with Gasteiger partial charge in [0.2, 0.25) is 0 Å². The van der Waals surface area contributed by atoms with Gasteiger partial charge in [0, 0.05) is 15.5 Å². The number of benzene rings is 3. The van der Waals surface area contributed by atoms with Crippen molar-refractivity contribution in [1.29, 1.82) is 0 Å². The molecule has 0 saturated carbocycles. The maximum atomic E-state index is 13.0. The van der Waals surface area contributed by atoms with Gasteiger partial charge in [-0.05, 0) is 42.8 Å². The Balaban J connectivity index is 1.59. The van der Waals surface area contributed by atoms with Crippen molar-refractivity contribution in [1.82, 2.24) is 0 Å². The molecule has 0 bridgehead atoms. The fourth-order valence-electron chi connectivity index (χ4n) is 3.10. The molecular formula is C22H18N2O3S. The Morgan fingerprint density at radius 1 is 0.929 bits per heavy atom. The molecule has 140 valence electrons. The van der Waals surface area contributed by atoms with E-state index in [9.17, 15) is 9.59 Å². The van der Waals surface area contributed by atoms with Gasteiger partial charge in [-0.25, -0.2) is 4.79 Å². The number of nitrogens with zero attached hydrogens (tertiary/aromatic N) is 1. The number of nitrogens with two attached hydrogens (primary N) is 1. The highest BCUT2D eigenvalue weighted by Crippen LogP contribution is 2.47. The van der Waals surface area contributed by atoms with Gasteiger partial charge >= 0.3 is 5.97 Å². The number of rotatable bonds is 3. The SMILES string of the molecule is Cc1cccc(C(=O)OCC(=O)N2c3ccccc3Sc3ccccc32)c1N. The molecule has 0 radical (unpaired) electrons. The average Bonchev–Trinajstić information content (AvgIpc) is 2.72. The summed E-state index contributed by atoms with van der Waals surface area (Å²) in [6.07, 6.45) is 0. The van der Waals surface area contributed by atoms with Crippen LogP contribution >= 0.6 is 11.8 Å². The van der Waals surface area contributed by atoms with Crippen molar-refractivity contribution in [3.05, 3.63) is 77.9 Å². The van der Waals surface area contributed by atoms with E-state index < -0.39 is 5.97 Å². The summed E-state index contributed by atoms with van der Waals surface area (Å²) >= 11 is 1.61. The highest BCUT2D eigenvalue weighted by Gasteiger charge is 2.28. The standard InChI is InChI=1S/C22H18N2O3S/c1-14-7-6-8-15(21(14)23)22(26)27-13-20(25)24-16-9-2-4-11-18(16)28-19-12-5-3-10-17(19)24/h2-12H,13,23H2,1H3. The van der Waals surface area contributed by atoms with Crippen LogP contribution in [0.4, 0.5) is 17.1 Å². The molecule has 3 aromatic carbocycles. The van der Waals surface area contributed by atoms with E-state index in [1.165, 1.54) is 0 Å². The predicted molar refractivity (Wildman–Crippen MR) is 110 cm³/mol. The lowest BCUT2D eigenvalue weighted by Gasteiger charge is -2.30. The molecule has 6 heteroatoms. The highest BCUT2D eigenvalue weighted by atomic mass is 32.2. The number of carbonyl (C=O) groups excluding carboxylic acids is 2. The van der Waals surface area contributed by atoms with E-state index in [0.717, 1.165) is 26.7 Å². The molecule has 2 N–H and O–H groups in total. The third-order valence-corrected chi connectivity index (χ3v) is 5.68. The van der Waals surface area contributed by atoms with Crippen LogP contribution in [0.3, 0.4) is 0 Å². The lowest BCUT2D eigenvalue weighted by molar-refractivity contribution is -0.121. The van der Waals surface area contributed by atoms with Crippen molar-refractivity contribution in [3.63, 3.8) is 0 Å². The molecule has 0 saturated heterocycles. The fourth-order valence-corrected chi connectivity index (χ4v) is 4.16. The summed E-state index contributed by atoms with van der Waals surface area (Å²) in [4.78, 5) is 29.0. The second kappa shape index (κ2) is 7.40. The van der Waals surface area contributed by atoms with Crippen LogP contribution in [0.2, 0.25) is 0 Å².